The van der Waals surface area contributed by atoms with Gasteiger partial charge in [-0.1, -0.05) is 30.3 Å². The molecule has 3 unspecified atom stereocenters. The molecule has 70 valence electrons. The summed E-state index contributed by atoms with van der Waals surface area (Å²) in [5.41, 5.74) is 0.871. The molecule has 2 rings (SSSR count). The third-order valence-corrected chi connectivity index (χ3v) is 2.64. The normalized spacial score (nSPS) is 34.2. The first kappa shape index (κ1) is 8.73. The zero-order valence-electron chi connectivity index (χ0n) is 7.90. The Labute approximate surface area is 78.2 Å². The molecular weight excluding hydrogens is 164 g/mol. The maximum atomic E-state index is 9.36. The highest BCUT2D eigenvalue weighted by Crippen LogP contribution is 2.47. The van der Waals surface area contributed by atoms with Gasteiger partial charge in [0, 0.05) is 0 Å². The Hall–Kier alpha value is -0.860. The van der Waals surface area contributed by atoms with Crippen LogP contribution in [0.1, 0.15) is 19.4 Å². The molecule has 1 aromatic rings. The number of aliphatic hydroxyl groups is 1. The van der Waals surface area contributed by atoms with Gasteiger partial charge < -0.3 is 9.84 Å². The topological polar surface area (TPSA) is 32.8 Å². The van der Waals surface area contributed by atoms with E-state index in [0.29, 0.717) is 0 Å². The summed E-state index contributed by atoms with van der Waals surface area (Å²) < 4.78 is 5.50. The van der Waals surface area contributed by atoms with Gasteiger partial charge in [0.05, 0.1) is 6.10 Å². The van der Waals surface area contributed by atoms with E-state index in [1.165, 1.54) is 0 Å². The lowest BCUT2D eigenvalue weighted by Crippen LogP contribution is -2.17. The van der Waals surface area contributed by atoms with Crippen LogP contribution in [-0.2, 0) is 10.3 Å². The van der Waals surface area contributed by atoms with Gasteiger partial charge in [-0.25, -0.2) is 0 Å². The molecule has 1 heterocycles. The quantitative estimate of drug-likeness (QED) is 0.699. The minimum absolute atomic E-state index is 0.0464. The van der Waals surface area contributed by atoms with E-state index in [1.807, 2.05) is 37.3 Å². The van der Waals surface area contributed by atoms with E-state index < -0.39 is 6.10 Å². The molecule has 0 aliphatic carbocycles. The fourth-order valence-electron chi connectivity index (χ4n) is 1.79. The number of hydrogen-bond acceptors (Lipinski definition) is 2. The van der Waals surface area contributed by atoms with Gasteiger partial charge in [0.15, 0.2) is 0 Å². The molecule has 0 amide bonds. The molecule has 0 bridgehead atoms. The summed E-state index contributed by atoms with van der Waals surface area (Å²) in [5.74, 6) is 0. The zero-order valence-corrected chi connectivity index (χ0v) is 7.90. The summed E-state index contributed by atoms with van der Waals surface area (Å²) >= 11 is 0. The average molecular weight is 178 g/mol. The highest BCUT2D eigenvalue weighted by Gasteiger charge is 2.55. The van der Waals surface area contributed by atoms with Crippen LogP contribution in [0.3, 0.4) is 0 Å². The molecule has 1 fully saturated rings. The van der Waals surface area contributed by atoms with Crippen molar-refractivity contribution < 1.29 is 9.84 Å². The maximum Gasteiger partial charge on any atom is 0.120 e. The molecule has 1 aliphatic heterocycles. The molecule has 0 spiro atoms. The number of benzene rings is 1. The van der Waals surface area contributed by atoms with Gasteiger partial charge in [0.2, 0.25) is 0 Å². The Kier molecular flexibility index (Phi) is 1.90. The van der Waals surface area contributed by atoms with Gasteiger partial charge in [-0.05, 0) is 19.4 Å². The van der Waals surface area contributed by atoms with Crippen molar-refractivity contribution in [3.05, 3.63) is 35.9 Å². The van der Waals surface area contributed by atoms with Crippen LogP contribution in [0, 0.1) is 0 Å². The number of aliphatic hydroxyl groups excluding tert-OH is 1. The first-order valence-electron chi connectivity index (χ1n) is 4.56. The molecule has 0 saturated carbocycles. The number of epoxide rings is 1. The van der Waals surface area contributed by atoms with Crippen molar-refractivity contribution in [3.8, 4) is 0 Å². The Morgan fingerprint density at radius 1 is 1.38 bits per heavy atom. The van der Waals surface area contributed by atoms with Crippen molar-refractivity contribution in [2.24, 2.45) is 0 Å². The predicted octanol–water partition coefficient (Wildman–Crippen LogP) is 1.68. The Bertz CT molecular complexity index is 294. The summed E-state index contributed by atoms with van der Waals surface area (Å²) in [6, 6.07) is 10.0. The maximum absolute atomic E-state index is 9.36. The molecule has 3 atom stereocenters. The van der Waals surface area contributed by atoms with Crippen molar-refractivity contribution in [1.29, 1.82) is 0 Å². The molecule has 0 radical (unpaired) electrons. The zero-order chi connectivity index (χ0) is 9.47. The van der Waals surface area contributed by atoms with Crippen LogP contribution in [0.25, 0.3) is 0 Å². The third kappa shape index (κ3) is 1.36. The predicted molar refractivity (Wildman–Crippen MR) is 50.3 cm³/mol. The van der Waals surface area contributed by atoms with Gasteiger partial charge in [-0.2, -0.15) is 0 Å². The molecule has 1 N–H and O–H groups in total. The van der Waals surface area contributed by atoms with E-state index in [4.69, 9.17) is 4.74 Å². The van der Waals surface area contributed by atoms with Crippen molar-refractivity contribution in [3.63, 3.8) is 0 Å². The monoisotopic (exact) mass is 178 g/mol. The van der Waals surface area contributed by atoms with Gasteiger partial charge in [0.1, 0.15) is 11.7 Å². The smallest absolute Gasteiger partial charge is 0.120 e. The number of rotatable bonds is 2. The van der Waals surface area contributed by atoms with E-state index in [0.717, 1.165) is 5.56 Å². The van der Waals surface area contributed by atoms with E-state index >= 15 is 0 Å². The molecule has 13 heavy (non-hydrogen) atoms. The Balaban J connectivity index is 2.21. The summed E-state index contributed by atoms with van der Waals surface area (Å²) in [7, 11) is 0. The first-order valence-corrected chi connectivity index (χ1v) is 4.56. The van der Waals surface area contributed by atoms with Crippen LogP contribution in [0.4, 0.5) is 0 Å². The molecule has 1 aromatic carbocycles. The van der Waals surface area contributed by atoms with Crippen LogP contribution in [-0.4, -0.2) is 17.3 Å². The third-order valence-electron chi connectivity index (χ3n) is 2.64. The minimum Gasteiger partial charge on any atom is -0.391 e. The SMILES string of the molecule is CC(O)C1OC1(C)c1ccccc1. The second-order valence-corrected chi connectivity index (χ2v) is 3.75. The van der Waals surface area contributed by atoms with Crippen LogP contribution in [0.15, 0.2) is 30.3 Å². The van der Waals surface area contributed by atoms with Crippen LogP contribution in [0.5, 0.6) is 0 Å². The molecule has 1 aliphatic rings. The lowest BCUT2D eigenvalue weighted by atomic mass is 9.95. The van der Waals surface area contributed by atoms with Gasteiger partial charge in [-0.3, -0.25) is 0 Å². The lowest BCUT2D eigenvalue weighted by molar-refractivity contribution is 0.152. The van der Waals surface area contributed by atoms with Crippen molar-refractivity contribution in [1.82, 2.24) is 0 Å². The van der Waals surface area contributed by atoms with Crippen molar-refractivity contribution >= 4 is 0 Å². The summed E-state index contributed by atoms with van der Waals surface area (Å²) in [5, 5.41) is 9.36. The van der Waals surface area contributed by atoms with Gasteiger partial charge >= 0.3 is 0 Å². The molecular formula is C11H14O2. The second-order valence-electron chi connectivity index (χ2n) is 3.75. The molecule has 2 heteroatoms. The average Bonchev–Trinajstić information content (AvgIpc) is 2.82. The van der Waals surface area contributed by atoms with E-state index in [9.17, 15) is 5.11 Å². The van der Waals surface area contributed by atoms with Crippen molar-refractivity contribution in [2.45, 2.75) is 31.7 Å². The van der Waals surface area contributed by atoms with Crippen LogP contribution < -0.4 is 0 Å². The Morgan fingerprint density at radius 2 is 2.00 bits per heavy atom. The minimum atomic E-state index is -0.398. The largest absolute Gasteiger partial charge is 0.391 e. The summed E-state index contributed by atoms with van der Waals surface area (Å²) in [6.45, 7) is 3.78. The molecule has 0 aromatic heterocycles. The van der Waals surface area contributed by atoms with Crippen LogP contribution in [0.2, 0.25) is 0 Å². The van der Waals surface area contributed by atoms with E-state index in [-0.39, 0.29) is 11.7 Å². The molecule has 2 nitrogen and oxygen atoms in total. The standard InChI is InChI=1S/C11H14O2/c1-8(12)10-11(2,13-10)9-6-4-3-5-7-9/h3-8,10,12H,1-2H3. The number of ether oxygens (including phenoxy) is 1. The fourth-order valence-corrected chi connectivity index (χ4v) is 1.79. The van der Waals surface area contributed by atoms with E-state index in [2.05, 4.69) is 0 Å². The second kappa shape index (κ2) is 2.82. The Morgan fingerprint density at radius 3 is 2.46 bits per heavy atom. The highest BCUT2D eigenvalue weighted by molar-refractivity contribution is 5.28. The van der Waals surface area contributed by atoms with E-state index in [1.54, 1.807) is 6.92 Å². The fraction of sp³-hybridized carbons (Fsp3) is 0.455. The number of hydrogen-bond donors (Lipinski definition) is 1. The van der Waals surface area contributed by atoms with Gasteiger partial charge in [-0.15, -0.1) is 0 Å². The summed E-state index contributed by atoms with van der Waals surface area (Å²) in [6.07, 6.45) is -0.444. The highest BCUT2D eigenvalue weighted by atomic mass is 16.6. The lowest BCUT2D eigenvalue weighted by Gasteiger charge is -2.07. The first-order chi connectivity index (χ1) is 6.14. The van der Waals surface area contributed by atoms with Crippen molar-refractivity contribution in [2.75, 3.05) is 0 Å². The molecule has 1 saturated heterocycles. The summed E-state index contributed by atoms with van der Waals surface area (Å²) in [4.78, 5) is 0. The van der Waals surface area contributed by atoms with Gasteiger partial charge in [0.25, 0.3) is 0 Å². The van der Waals surface area contributed by atoms with Crippen LogP contribution >= 0.6 is 0 Å².